The second kappa shape index (κ2) is 6.91. The van der Waals surface area contributed by atoms with Crippen molar-refractivity contribution < 1.29 is 4.79 Å². The SMILES string of the molecule is CCCn1c(=O)[nH]c(=O)c2c(C(=O)Nc3ccc(N)nc3)cc(C3CC3)nc21. The van der Waals surface area contributed by atoms with Crippen molar-refractivity contribution in [2.45, 2.75) is 38.6 Å². The fourth-order valence-electron chi connectivity index (χ4n) is 3.17. The number of pyridine rings is 2. The molecule has 0 unspecified atom stereocenters. The van der Waals surface area contributed by atoms with Gasteiger partial charge in [-0.15, -0.1) is 0 Å². The lowest BCUT2D eigenvalue weighted by Gasteiger charge is -2.13. The molecule has 3 heterocycles. The number of hydrogen-bond donors (Lipinski definition) is 3. The zero-order valence-corrected chi connectivity index (χ0v) is 15.4. The fourth-order valence-corrected chi connectivity index (χ4v) is 3.17. The van der Waals surface area contributed by atoms with Crippen LogP contribution in [0.5, 0.6) is 0 Å². The first kappa shape index (κ1) is 17.9. The number of carbonyl (C=O) groups is 1. The van der Waals surface area contributed by atoms with Crippen molar-refractivity contribution in [2.24, 2.45) is 0 Å². The third-order valence-electron chi connectivity index (χ3n) is 4.70. The Labute approximate surface area is 159 Å². The van der Waals surface area contributed by atoms with Gasteiger partial charge >= 0.3 is 5.69 Å². The molecule has 3 aromatic heterocycles. The lowest BCUT2D eigenvalue weighted by Crippen LogP contribution is -2.32. The van der Waals surface area contributed by atoms with Crippen LogP contribution in [-0.4, -0.2) is 25.4 Å². The maximum Gasteiger partial charge on any atom is 0.329 e. The van der Waals surface area contributed by atoms with E-state index in [1.54, 1.807) is 18.2 Å². The predicted molar refractivity (Wildman–Crippen MR) is 105 cm³/mol. The number of aromatic amines is 1. The summed E-state index contributed by atoms with van der Waals surface area (Å²) in [5.41, 5.74) is 6.05. The summed E-state index contributed by atoms with van der Waals surface area (Å²) in [7, 11) is 0. The summed E-state index contributed by atoms with van der Waals surface area (Å²) in [4.78, 5) is 48.6. The average Bonchev–Trinajstić information content (AvgIpc) is 3.51. The van der Waals surface area contributed by atoms with Gasteiger partial charge in [0.2, 0.25) is 0 Å². The fraction of sp³-hybridized carbons (Fsp3) is 0.316. The van der Waals surface area contributed by atoms with Gasteiger partial charge in [-0.25, -0.2) is 14.8 Å². The van der Waals surface area contributed by atoms with Crippen molar-refractivity contribution in [3.8, 4) is 0 Å². The summed E-state index contributed by atoms with van der Waals surface area (Å²) in [6.07, 6.45) is 4.08. The Morgan fingerprint density at radius 2 is 2.14 bits per heavy atom. The summed E-state index contributed by atoms with van der Waals surface area (Å²) >= 11 is 0. The molecule has 28 heavy (non-hydrogen) atoms. The number of nitrogens with two attached hydrogens (primary N) is 1. The second-order valence-electron chi connectivity index (χ2n) is 6.90. The largest absolute Gasteiger partial charge is 0.384 e. The first-order valence-corrected chi connectivity index (χ1v) is 9.18. The highest BCUT2D eigenvalue weighted by Gasteiger charge is 2.28. The third kappa shape index (κ3) is 3.26. The van der Waals surface area contributed by atoms with E-state index < -0.39 is 17.2 Å². The van der Waals surface area contributed by atoms with Gasteiger partial charge in [0.1, 0.15) is 5.82 Å². The van der Waals surface area contributed by atoms with Gasteiger partial charge in [-0.05, 0) is 37.5 Å². The minimum absolute atomic E-state index is 0.110. The molecule has 0 aliphatic heterocycles. The Balaban J connectivity index is 1.89. The molecule has 1 saturated carbocycles. The summed E-state index contributed by atoms with van der Waals surface area (Å²) in [6.45, 7) is 2.33. The van der Waals surface area contributed by atoms with Crippen molar-refractivity contribution in [1.29, 1.82) is 0 Å². The number of aromatic nitrogens is 4. The molecule has 1 aliphatic rings. The zero-order valence-electron chi connectivity index (χ0n) is 15.4. The summed E-state index contributed by atoms with van der Waals surface area (Å²) in [6, 6.07) is 4.85. The van der Waals surface area contributed by atoms with E-state index in [0.29, 0.717) is 24.5 Å². The molecule has 1 amide bonds. The van der Waals surface area contributed by atoms with Crippen LogP contribution in [0.1, 0.15) is 48.2 Å². The molecule has 9 nitrogen and oxygen atoms in total. The van der Waals surface area contributed by atoms with Gasteiger partial charge in [-0.1, -0.05) is 6.92 Å². The number of H-pyrrole nitrogens is 1. The maximum atomic E-state index is 13.0. The van der Waals surface area contributed by atoms with Gasteiger partial charge in [0.05, 0.1) is 22.8 Å². The van der Waals surface area contributed by atoms with E-state index in [9.17, 15) is 14.4 Å². The number of aryl methyl sites for hydroxylation is 1. The number of hydrogen-bond acceptors (Lipinski definition) is 6. The van der Waals surface area contributed by atoms with Gasteiger partial charge in [0, 0.05) is 18.2 Å². The summed E-state index contributed by atoms with van der Waals surface area (Å²) < 4.78 is 1.42. The number of anilines is 2. The van der Waals surface area contributed by atoms with E-state index in [-0.39, 0.29) is 22.5 Å². The molecular weight excluding hydrogens is 360 g/mol. The molecule has 4 rings (SSSR count). The van der Waals surface area contributed by atoms with E-state index in [2.05, 4.69) is 20.3 Å². The van der Waals surface area contributed by atoms with Crippen LogP contribution in [0.4, 0.5) is 11.5 Å². The Morgan fingerprint density at radius 1 is 1.36 bits per heavy atom. The van der Waals surface area contributed by atoms with Gasteiger partial charge in [-0.2, -0.15) is 0 Å². The number of nitrogens with zero attached hydrogens (tertiary/aromatic N) is 3. The minimum atomic E-state index is -0.622. The van der Waals surface area contributed by atoms with Crippen LogP contribution < -0.4 is 22.3 Å². The van der Waals surface area contributed by atoms with Crippen LogP contribution in [0.2, 0.25) is 0 Å². The summed E-state index contributed by atoms with van der Waals surface area (Å²) in [5.74, 6) is 0.120. The maximum absolute atomic E-state index is 13.0. The molecule has 0 bridgehead atoms. The average molecular weight is 380 g/mol. The zero-order chi connectivity index (χ0) is 19.8. The Hall–Kier alpha value is -3.49. The van der Waals surface area contributed by atoms with E-state index in [0.717, 1.165) is 18.5 Å². The first-order valence-electron chi connectivity index (χ1n) is 9.18. The Kier molecular flexibility index (Phi) is 4.42. The standard InChI is InChI=1S/C19H20N6O3/c1-2-7-25-16-15(18(27)24-19(25)28)12(8-13(23-16)10-3-4-10)17(26)22-11-5-6-14(20)21-9-11/h5-6,8-10H,2-4,7H2,1H3,(H2,20,21)(H,22,26)(H,24,27,28). The first-order chi connectivity index (χ1) is 13.5. The number of carbonyl (C=O) groups excluding carboxylic acids is 1. The molecule has 1 fully saturated rings. The molecule has 0 radical (unpaired) electrons. The molecule has 0 atom stereocenters. The molecule has 0 aromatic carbocycles. The topological polar surface area (TPSA) is 136 Å². The van der Waals surface area contributed by atoms with Crippen LogP contribution in [0.25, 0.3) is 11.0 Å². The molecule has 9 heteroatoms. The number of nitrogen functional groups attached to an aromatic ring is 1. The second-order valence-corrected chi connectivity index (χ2v) is 6.90. The van der Waals surface area contributed by atoms with Crippen molar-refractivity contribution >= 4 is 28.4 Å². The molecule has 1 aliphatic carbocycles. The van der Waals surface area contributed by atoms with Crippen LogP contribution >= 0.6 is 0 Å². The number of rotatable bonds is 5. The van der Waals surface area contributed by atoms with Crippen molar-refractivity contribution in [1.82, 2.24) is 19.5 Å². The molecule has 4 N–H and O–H groups in total. The van der Waals surface area contributed by atoms with Crippen LogP contribution in [0.3, 0.4) is 0 Å². The highest BCUT2D eigenvalue weighted by atomic mass is 16.2. The quantitative estimate of drug-likeness (QED) is 0.615. The predicted octanol–water partition coefficient (Wildman–Crippen LogP) is 1.60. The lowest BCUT2D eigenvalue weighted by molar-refractivity contribution is 0.102. The van der Waals surface area contributed by atoms with E-state index in [4.69, 9.17) is 5.73 Å². The van der Waals surface area contributed by atoms with Crippen LogP contribution in [0, 0.1) is 0 Å². The Bertz CT molecular complexity index is 1180. The van der Waals surface area contributed by atoms with E-state index in [1.807, 2.05) is 6.92 Å². The number of amides is 1. The monoisotopic (exact) mass is 380 g/mol. The van der Waals surface area contributed by atoms with Gasteiger partial charge in [-0.3, -0.25) is 19.1 Å². The molecule has 0 saturated heterocycles. The van der Waals surface area contributed by atoms with Gasteiger partial charge in [0.25, 0.3) is 11.5 Å². The van der Waals surface area contributed by atoms with Crippen LogP contribution in [0.15, 0.2) is 34.0 Å². The van der Waals surface area contributed by atoms with Crippen molar-refractivity contribution in [2.75, 3.05) is 11.1 Å². The minimum Gasteiger partial charge on any atom is -0.384 e. The lowest BCUT2D eigenvalue weighted by atomic mass is 10.1. The van der Waals surface area contributed by atoms with E-state index >= 15 is 0 Å². The normalized spacial score (nSPS) is 13.6. The Morgan fingerprint density at radius 3 is 2.79 bits per heavy atom. The molecule has 0 spiro atoms. The summed E-state index contributed by atoms with van der Waals surface area (Å²) in [5, 5.41) is 2.84. The van der Waals surface area contributed by atoms with E-state index in [1.165, 1.54) is 10.8 Å². The smallest absolute Gasteiger partial charge is 0.329 e. The molecular formula is C19H20N6O3. The highest BCUT2D eigenvalue weighted by molar-refractivity contribution is 6.11. The molecule has 3 aromatic rings. The van der Waals surface area contributed by atoms with Gasteiger partial charge < -0.3 is 11.1 Å². The third-order valence-corrected chi connectivity index (χ3v) is 4.70. The molecule has 144 valence electrons. The highest BCUT2D eigenvalue weighted by Crippen LogP contribution is 2.40. The van der Waals surface area contributed by atoms with Gasteiger partial charge in [0.15, 0.2) is 5.65 Å². The number of fused-ring (bicyclic) bond motifs is 1. The number of nitrogens with one attached hydrogen (secondary N) is 2. The van der Waals surface area contributed by atoms with Crippen LogP contribution in [-0.2, 0) is 6.54 Å². The van der Waals surface area contributed by atoms with Crippen molar-refractivity contribution in [3.05, 3.63) is 56.5 Å². The van der Waals surface area contributed by atoms with Crippen molar-refractivity contribution in [3.63, 3.8) is 0 Å².